The van der Waals surface area contributed by atoms with E-state index in [0.29, 0.717) is 6.61 Å². The van der Waals surface area contributed by atoms with Crippen molar-refractivity contribution < 1.29 is 9.53 Å². The van der Waals surface area contributed by atoms with Gasteiger partial charge in [0, 0.05) is 6.08 Å². The largest absolute Gasteiger partial charge is 0.463 e. The lowest BCUT2D eigenvalue weighted by Gasteiger charge is -1.92. The second-order valence-corrected chi connectivity index (χ2v) is 2.12. The van der Waals surface area contributed by atoms with E-state index in [1.54, 1.807) is 37.3 Å². The van der Waals surface area contributed by atoms with E-state index in [0.717, 1.165) is 0 Å². The number of carbonyl (C=O) groups is 1. The van der Waals surface area contributed by atoms with E-state index in [-0.39, 0.29) is 5.97 Å². The Kier molecular flexibility index (Phi) is 7.50. The van der Waals surface area contributed by atoms with Crippen LogP contribution < -0.4 is 0 Å². The molecule has 0 rings (SSSR count). The predicted octanol–water partition coefficient (Wildman–Crippen LogP) is 2.40. The average molecular weight is 178 g/mol. The van der Waals surface area contributed by atoms with Gasteiger partial charge in [-0.15, -0.1) is 0 Å². The van der Waals surface area contributed by atoms with Crippen LogP contribution >= 0.6 is 0 Å². The minimum Gasteiger partial charge on any atom is -0.463 e. The number of rotatable bonds is 5. The fraction of sp³-hybridized carbons (Fsp3) is 0.182. The number of esters is 1. The van der Waals surface area contributed by atoms with Crippen molar-refractivity contribution in [1.29, 1.82) is 0 Å². The molecule has 0 unspecified atom stereocenters. The molecule has 0 fully saturated rings. The lowest BCUT2D eigenvalue weighted by atomic mass is 10.4. The van der Waals surface area contributed by atoms with Crippen molar-refractivity contribution >= 4 is 5.97 Å². The third-order valence-electron chi connectivity index (χ3n) is 1.10. The predicted molar refractivity (Wildman–Crippen MR) is 54.3 cm³/mol. The van der Waals surface area contributed by atoms with Crippen LogP contribution in [-0.2, 0) is 9.53 Å². The first-order chi connectivity index (χ1) is 6.31. The average Bonchev–Trinajstić information content (AvgIpc) is 2.11. The molecular weight excluding hydrogens is 164 g/mol. The minimum atomic E-state index is -0.320. The number of carbonyl (C=O) groups excluding carboxylic acids is 1. The summed E-state index contributed by atoms with van der Waals surface area (Å²) < 4.78 is 4.68. The Bertz CT molecular complexity index is 234. The molecule has 0 radical (unpaired) electrons. The quantitative estimate of drug-likeness (QED) is 0.367. The molecule has 13 heavy (non-hydrogen) atoms. The standard InChI is InChI=1S/C11H14O2/c1-3-5-6-7-8-9-10-11(12)13-4-2/h3,5-10H,1,4H2,2H3/b6-5?,8-7?,10-9+. The van der Waals surface area contributed by atoms with Crippen LogP contribution in [0.15, 0.2) is 49.1 Å². The summed E-state index contributed by atoms with van der Waals surface area (Å²) in [5.74, 6) is -0.320. The zero-order valence-corrected chi connectivity index (χ0v) is 7.77. The van der Waals surface area contributed by atoms with Crippen LogP contribution in [0.3, 0.4) is 0 Å². The Labute approximate surface area is 78.9 Å². The smallest absolute Gasteiger partial charge is 0.330 e. The number of ether oxygens (including phenoxy) is 1. The number of hydrogen-bond donors (Lipinski definition) is 0. The maximum atomic E-state index is 10.8. The molecule has 0 heterocycles. The lowest BCUT2D eigenvalue weighted by Crippen LogP contribution is -1.98. The van der Waals surface area contributed by atoms with E-state index in [1.807, 2.05) is 6.08 Å². The van der Waals surface area contributed by atoms with Crippen molar-refractivity contribution in [2.45, 2.75) is 6.92 Å². The third kappa shape index (κ3) is 8.34. The molecular formula is C11H14O2. The molecule has 0 N–H and O–H groups in total. The first kappa shape index (κ1) is 11.4. The molecule has 0 aliphatic heterocycles. The zero-order valence-electron chi connectivity index (χ0n) is 7.77. The van der Waals surface area contributed by atoms with Gasteiger partial charge < -0.3 is 4.74 Å². The molecule has 70 valence electrons. The van der Waals surface area contributed by atoms with Gasteiger partial charge in [-0.05, 0) is 6.92 Å². The van der Waals surface area contributed by atoms with Crippen LogP contribution in [0.4, 0.5) is 0 Å². The van der Waals surface area contributed by atoms with E-state index in [1.165, 1.54) is 6.08 Å². The van der Waals surface area contributed by atoms with Gasteiger partial charge in [0.25, 0.3) is 0 Å². The van der Waals surface area contributed by atoms with Crippen molar-refractivity contribution in [3.05, 3.63) is 49.1 Å². The van der Waals surface area contributed by atoms with E-state index in [2.05, 4.69) is 11.3 Å². The molecule has 2 nitrogen and oxygen atoms in total. The van der Waals surface area contributed by atoms with Crippen molar-refractivity contribution in [3.8, 4) is 0 Å². The van der Waals surface area contributed by atoms with Crippen molar-refractivity contribution in [3.63, 3.8) is 0 Å². The summed E-state index contributed by atoms with van der Waals surface area (Å²) in [6.07, 6.45) is 11.9. The molecule has 0 aliphatic rings. The topological polar surface area (TPSA) is 26.3 Å². The van der Waals surface area contributed by atoms with E-state index in [9.17, 15) is 4.79 Å². The van der Waals surface area contributed by atoms with E-state index >= 15 is 0 Å². The van der Waals surface area contributed by atoms with Crippen molar-refractivity contribution in [2.24, 2.45) is 0 Å². The van der Waals surface area contributed by atoms with Gasteiger partial charge in [0.05, 0.1) is 6.61 Å². The second-order valence-electron chi connectivity index (χ2n) is 2.12. The number of allylic oxidation sites excluding steroid dienone is 6. The van der Waals surface area contributed by atoms with E-state index in [4.69, 9.17) is 0 Å². The van der Waals surface area contributed by atoms with Crippen LogP contribution in [0.25, 0.3) is 0 Å². The summed E-state index contributed by atoms with van der Waals surface area (Å²) in [5.41, 5.74) is 0. The molecule has 0 aromatic rings. The van der Waals surface area contributed by atoms with Gasteiger partial charge >= 0.3 is 5.97 Å². The molecule has 0 bridgehead atoms. The summed E-state index contributed by atoms with van der Waals surface area (Å²) >= 11 is 0. The fourth-order valence-electron chi connectivity index (χ4n) is 0.596. The Balaban J connectivity index is 3.73. The van der Waals surface area contributed by atoms with Crippen LogP contribution in [0.2, 0.25) is 0 Å². The Morgan fingerprint density at radius 3 is 2.46 bits per heavy atom. The van der Waals surface area contributed by atoms with Crippen LogP contribution in [0.1, 0.15) is 6.92 Å². The van der Waals surface area contributed by atoms with Gasteiger partial charge in [0.15, 0.2) is 0 Å². The first-order valence-corrected chi connectivity index (χ1v) is 4.10. The Hall–Kier alpha value is -1.57. The molecule has 0 aliphatic carbocycles. The van der Waals surface area contributed by atoms with Gasteiger partial charge in [-0.25, -0.2) is 4.79 Å². The van der Waals surface area contributed by atoms with Gasteiger partial charge in [-0.2, -0.15) is 0 Å². The maximum Gasteiger partial charge on any atom is 0.330 e. The zero-order chi connectivity index (χ0) is 9.94. The molecule has 0 atom stereocenters. The highest BCUT2D eigenvalue weighted by atomic mass is 16.5. The SMILES string of the molecule is C=CC=CC=C/C=C/C(=O)OCC. The molecule has 0 saturated heterocycles. The summed E-state index contributed by atoms with van der Waals surface area (Å²) in [6, 6.07) is 0. The second kappa shape index (κ2) is 8.53. The molecule has 2 heteroatoms. The van der Waals surface area contributed by atoms with Gasteiger partial charge in [-0.3, -0.25) is 0 Å². The summed E-state index contributed by atoms with van der Waals surface area (Å²) in [6.45, 7) is 5.70. The van der Waals surface area contributed by atoms with Crippen LogP contribution in [0, 0.1) is 0 Å². The third-order valence-corrected chi connectivity index (χ3v) is 1.10. The van der Waals surface area contributed by atoms with Crippen molar-refractivity contribution in [1.82, 2.24) is 0 Å². The molecule has 0 aromatic carbocycles. The summed E-state index contributed by atoms with van der Waals surface area (Å²) in [4.78, 5) is 10.8. The van der Waals surface area contributed by atoms with E-state index < -0.39 is 0 Å². The number of hydrogen-bond acceptors (Lipinski definition) is 2. The molecule has 0 amide bonds. The van der Waals surface area contributed by atoms with Crippen molar-refractivity contribution in [2.75, 3.05) is 6.61 Å². The fourth-order valence-corrected chi connectivity index (χ4v) is 0.596. The first-order valence-electron chi connectivity index (χ1n) is 4.10. The van der Waals surface area contributed by atoms with Gasteiger partial charge in [0.1, 0.15) is 0 Å². The normalized spacial score (nSPS) is 11.5. The van der Waals surface area contributed by atoms with Gasteiger partial charge in [-0.1, -0.05) is 43.0 Å². The highest BCUT2D eigenvalue weighted by Crippen LogP contribution is 1.84. The molecule has 0 aromatic heterocycles. The highest BCUT2D eigenvalue weighted by molar-refractivity contribution is 5.82. The monoisotopic (exact) mass is 178 g/mol. The minimum absolute atomic E-state index is 0.320. The molecule has 0 saturated carbocycles. The Morgan fingerprint density at radius 1 is 1.23 bits per heavy atom. The lowest BCUT2D eigenvalue weighted by molar-refractivity contribution is -0.137. The highest BCUT2D eigenvalue weighted by Gasteiger charge is 1.89. The summed E-state index contributed by atoms with van der Waals surface area (Å²) in [5, 5.41) is 0. The van der Waals surface area contributed by atoms with Crippen LogP contribution in [0.5, 0.6) is 0 Å². The summed E-state index contributed by atoms with van der Waals surface area (Å²) in [7, 11) is 0. The van der Waals surface area contributed by atoms with Gasteiger partial charge in [0.2, 0.25) is 0 Å². The molecule has 0 spiro atoms. The Morgan fingerprint density at radius 2 is 1.85 bits per heavy atom. The van der Waals surface area contributed by atoms with Crippen LogP contribution in [-0.4, -0.2) is 12.6 Å². The maximum absolute atomic E-state index is 10.8.